The van der Waals surface area contributed by atoms with Crippen LogP contribution >= 0.6 is 0 Å². The highest BCUT2D eigenvalue weighted by Gasteiger charge is 2.30. The van der Waals surface area contributed by atoms with E-state index in [-0.39, 0.29) is 5.91 Å². The Labute approximate surface area is 189 Å². The number of nitrogens with one attached hydrogen (secondary N) is 1. The van der Waals surface area contributed by atoms with E-state index in [1.165, 1.54) is 56.1 Å². The highest BCUT2D eigenvalue weighted by Crippen LogP contribution is 2.41. The fourth-order valence-electron chi connectivity index (χ4n) is 5.37. The van der Waals surface area contributed by atoms with Crippen LogP contribution in [0.15, 0.2) is 48.5 Å². The zero-order valence-electron chi connectivity index (χ0n) is 19.9. The number of hydrogen-bond acceptors (Lipinski definition) is 1. The predicted molar refractivity (Wildman–Crippen MR) is 133 cm³/mol. The molecule has 2 aromatic rings. The van der Waals surface area contributed by atoms with E-state index in [4.69, 9.17) is 0 Å². The van der Waals surface area contributed by atoms with Crippen molar-refractivity contribution in [2.45, 2.75) is 97.3 Å². The molecule has 1 aliphatic carbocycles. The van der Waals surface area contributed by atoms with E-state index in [2.05, 4.69) is 74.6 Å². The highest BCUT2D eigenvalue weighted by molar-refractivity contribution is 5.92. The molecule has 0 radical (unpaired) electrons. The molecule has 0 atom stereocenters. The molecule has 0 bridgehead atoms. The first-order valence-electron chi connectivity index (χ1n) is 12.4. The minimum atomic E-state index is 0.164. The number of benzene rings is 2. The van der Waals surface area contributed by atoms with E-state index < -0.39 is 0 Å². The maximum Gasteiger partial charge on any atom is 0.224 e. The van der Waals surface area contributed by atoms with Crippen LogP contribution in [0.5, 0.6) is 0 Å². The Hall–Kier alpha value is -2.09. The van der Waals surface area contributed by atoms with E-state index in [0.717, 1.165) is 30.5 Å². The molecular formula is C29H41NO. The lowest BCUT2D eigenvalue weighted by Crippen LogP contribution is -2.26. The fraction of sp³-hybridized carbons (Fsp3) is 0.552. The van der Waals surface area contributed by atoms with Gasteiger partial charge in [0, 0.05) is 12.1 Å². The van der Waals surface area contributed by atoms with E-state index in [1.807, 2.05) is 0 Å². The molecule has 2 nitrogen and oxygen atoms in total. The van der Waals surface area contributed by atoms with Gasteiger partial charge in [-0.2, -0.15) is 0 Å². The van der Waals surface area contributed by atoms with Crippen LogP contribution in [0.3, 0.4) is 0 Å². The van der Waals surface area contributed by atoms with Crippen molar-refractivity contribution in [3.05, 3.63) is 65.2 Å². The lowest BCUT2D eigenvalue weighted by molar-refractivity contribution is -0.116. The number of carbonyl (C=O) groups excluding carboxylic acids is 1. The Balaban J connectivity index is 1.63. The van der Waals surface area contributed by atoms with Gasteiger partial charge in [0.25, 0.3) is 0 Å². The predicted octanol–water partition coefficient (Wildman–Crippen LogP) is 8.20. The van der Waals surface area contributed by atoms with Crippen LogP contribution in [0.4, 0.5) is 5.69 Å². The van der Waals surface area contributed by atoms with Gasteiger partial charge in [0.15, 0.2) is 0 Å². The Kier molecular flexibility index (Phi) is 8.75. The summed E-state index contributed by atoms with van der Waals surface area (Å²) in [4.78, 5) is 12.9. The minimum absolute atomic E-state index is 0.164. The SMILES string of the molecule is Cc1cccc(C(C)C)c1NC(=O)CCCC1(Cc2ccccc2)CCCCCCC1. The molecule has 0 spiro atoms. The maximum atomic E-state index is 12.9. The van der Waals surface area contributed by atoms with Crippen LogP contribution in [0.25, 0.3) is 0 Å². The van der Waals surface area contributed by atoms with Crippen molar-refractivity contribution in [1.82, 2.24) is 0 Å². The Bertz CT molecular complexity index is 816. The zero-order chi connectivity index (χ0) is 22.1. The molecule has 3 rings (SSSR count). The van der Waals surface area contributed by atoms with Gasteiger partial charge in [-0.25, -0.2) is 0 Å². The van der Waals surface area contributed by atoms with Crippen molar-refractivity contribution in [2.24, 2.45) is 5.41 Å². The quantitative estimate of drug-likeness (QED) is 0.459. The molecule has 2 aromatic carbocycles. The molecule has 1 N–H and O–H groups in total. The number of amides is 1. The topological polar surface area (TPSA) is 29.1 Å². The molecule has 1 saturated carbocycles. The third kappa shape index (κ3) is 6.95. The molecule has 1 fully saturated rings. The lowest BCUT2D eigenvalue weighted by atomic mass is 9.69. The van der Waals surface area contributed by atoms with Gasteiger partial charge >= 0.3 is 0 Å². The molecule has 0 heterocycles. The van der Waals surface area contributed by atoms with Crippen molar-refractivity contribution in [3.63, 3.8) is 0 Å². The Morgan fingerprint density at radius 3 is 2.29 bits per heavy atom. The third-order valence-electron chi connectivity index (χ3n) is 7.14. The van der Waals surface area contributed by atoms with Crippen molar-refractivity contribution in [3.8, 4) is 0 Å². The summed E-state index contributed by atoms with van der Waals surface area (Å²) in [5.74, 6) is 0.566. The number of aryl methyl sites for hydroxylation is 1. The van der Waals surface area contributed by atoms with Gasteiger partial charge in [-0.1, -0.05) is 94.5 Å². The average molecular weight is 420 g/mol. The third-order valence-corrected chi connectivity index (χ3v) is 7.14. The number of para-hydroxylation sites is 1. The van der Waals surface area contributed by atoms with Crippen LogP contribution in [-0.2, 0) is 11.2 Å². The van der Waals surface area contributed by atoms with Crippen LogP contribution < -0.4 is 5.32 Å². The molecule has 0 aromatic heterocycles. The van der Waals surface area contributed by atoms with Gasteiger partial charge in [-0.15, -0.1) is 0 Å². The largest absolute Gasteiger partial charge is 0.326 e. The first kappa shape index (κ1) is 23.6. The summed E-state index contributed by atoms with van der Waals surface area (Å²) < 4.78 is 0. The smallest absolute Gasteiger partial charge is 0.224 e. The zero-order valence-corrected chi connectivity index (χ0v) is 19.9. The summed E-state index contributed by atoms with van der Waals surface area (Å²) in [6.45, 7) is 6.46. The lowest BCUT2D eigenvalue weighted by Gasteiger charge is -2.36. The summed E-state index contributed by atoms with van der Waals surface area (Å²) in [7, 11) is 0. The maximum absolute atomic E-state index is 12.9. The highest BCUT2D eigenvalue weighted by atomic mass is 16.1. The average Bonchev–Trinajstić information content (AvgIpc) is 2.73. The minimum Gasteiger partial charge on any atom is -0.326 e. The van der Waals surface area contributed by atoms with Crippen LogP contribution in [0.1, 0.15) is 101 Å². The Morgan fingerprint density at radius 1 is 0.935 bits per heavy atom. The second kappa shape index (κ2) is 11.5. The molecule has 0 unspecified atom stereocenters. The number of carbonyl (C=O) groups is 1. The molecule has 168 valence electrons. The standard InChI is InChI=1S/C29H41NO/c1-23(2)26-17-12-14-24(3)28(26)30-27(31)18-13-21-29(19-10-5-4-6-11-20-29)22-25-15-8-7-9-16-25/h7-9,12,14-17,23H,4-6,10-11,13,18-22H2,1-3H3,(H,30,31). The fourth-order valence-corrected chi connectivity index (χ4v) is 5.37. The van der Waals surface area contributed by atoms with Gasteiger partial charge in [0.1, 0.15) is 0 Å². The molecule has 1 aliphatic rings. The van der Waals surface area contributed by atoms with Crippen LogP contribution in [0, 0.1) is 12.3 Å². The molecular weight excluding hydrogens is 378 g/mol. The summed E-state index contributed by atoms with van der Waals surface area (Å²) in [6.07, 6.45) is 13.3. The molecule has 2 heteroatoms. The first-order chi connectivity index (χ1) is 15.0. The van der Waals surface area contributed by atoms with E-state index in [9.17, 15) is 4.79 Å². The van der Waals surface area contributed by atoms with Crippen molar-refractivity contribution in [1.29, 1.82) is 0 Å². The summed E-state index contributed by atoms with van der Waals surface area (Å²) in [6, 6.07) is 17.3. The summed E-state index contributed by atoms with van der Waals surface area (Å²) in [5.41, 5.74) is 5.21. The molecule has 1 amide bonds. The van der Waals surface area contributed by atoms with Gasteiger partial charge in [0.05, 0.1) is 0 Å². The van der Waals surface area contributed by atoms with Crippen molar-refractivity contribution < 1.29 is 4.79 Å². The second-order valence-corrected chi connectivity index (χ2v) is 10.0. The summed E-state index contributed by atoms with van der Waals surface area (Å²) in [5, 5.41) is 3.24. The molecule has 0 saturated heterocycles. The van der Waals surface area contributed by atoms with Crippen LogP contribution in [0.2, 0.25) is 0 Å². The first-order valence-corrected chi connectivity index (χ1v) is 12.4. The van der Waals surface area contributed by atoms with E-state index in [0.29, 0.717) is 17.8 Å². The molecule has 31 heavy (non-hydrogen) atoms. The molecule has 0 aliphatic heterocycles. The number of anilines is 1. The summed E-state index contributed by atoms with van der Waals surface area (Å²) >= 11 is 0. The Morgan fingerprint density at radius 2 is 1.61 bits per heavy atom. The second-order valence-electron chi connectivity index (χ2n) is 10.0. The van der Waals surface area contributed by atoms with Crippen molar-refractivity contribution >= 4 is 11.6 Å². The van der Waals surface area contributed by atoms with Gasteiger partial charge in [-0.05, 0) is 67.1 Å². The monoisotopic (exact) mass is 419 g/mol. The van der Waals surface area contributed by atoms with Gasteiger partial charge in [-0.3, -0.25) is 4.79 Å². The van der Waals surface area contributed by atoms with Gasteiger partial charge in [0.2, 0.25) is 5.91 Å². The number of hydrogen-bond donors (Lipinski definition) is 1. The number of rotatable bonds is 8. The van der Waals surface area contributed by atoms with Crippen LogP contribution in [-0.4, -0.2) is 5.91 Å². The van der Waals surface area contributed by atoms with Gasteiger partial charge < -0.3 is 5.32 Å². The normalized spacial score (nSPS) is 16.5. The van der Waals surface area contributed by atoms with Crippen molar-refractivity contribution in [2.75, 3.05) is 5.32 Å². The van der Waals surface area contributed by atoms with E-state index >= 15 is 0 Å². The van der Waals surface area contributed by atoms with E-state index in [1.54, 1.807) is 0 Å².